The van der Waals surface area contributed by atoms with E-state index in [1.165, 1.54) is 0 Å². The number of hydrogen-bond donors (Lipinski definition) is 3. The molecule has 1 aliphatic rings. The van der Waals surface area contributed by atoms with Crippen LogP contribution in [0.3, 0.4) is 0 Å². The van der Waals surface area contributed by atoms with E-state index in [9.17, 15) is 4.79 Å². The molecule has 0 spiro atoms. The zero-order valence-corrected chi connectivity index (χ0v) is 22.3. The number of carbonyl (C=O) groups is 1. The Labute approximate surface area is 218 Å². The Balaban J connectivity index is 0.00000324. The Morgan fingerprint density at radius 3 is 2.50 bits per heavy atom. The lowest BCUT2D eigenvalue weighted by molar-refractivity contribution is -0.122. The first-order chi connectivity index (χ1) is 16.0. The Morgan fingerprint density at radius 1 is 1.06 bits per heavy atom. The molecule has 3 N–H and O–H groups in total. The topological polar surface area (TPSA) is 83.3 Å². The first-order valence-electron chi connectivity index (χ1n) is 11.5. The van der Waals surface area contributed by atoms with E-state index in [1.54, 1.807) is 7.05 Å². The second kappa shape index (κ2) is 12.0. The smallest absolute Gasteiger partial charge is 0.227 e. The van der Waals surface area contributed by atoms with E-state index in [4.69, 9.17) is 0 Å². The normalized spacial score (nSPS) is 13.6. The molecule has 34 heavy (non-hydrogen) atoms. The summed E-state index contributed by atoms with van der Waals surface area (Å²) in [6.07, 6.45) is 3.15. The lowest BCUT2D eigenvalue weighted by Crippen LogP contribution is -2.36. The minimum atomic E-state index is 0. The fourth-order valence-electron chi connectivity index (χ4n) is 4.00. The van der Waals surface area contributed by atoms with E-state index in [2.05, 4.69) is 51.2 Å². The van der Waals surface area contributed by atoms with Gasteiger partial charge in [0.05, 0.1) is 11.4 Å². The highest BCUT2D eigenvalue weighted by atomic mass is 127. The lowest BCUT2D eigenvalue weighted by Gasteiger charge is -2.24. The third-order valence-corrected chi connectivity index (χ3v) is 6.03. The van der Waals surface area contributed by atoms with Gasteiger partial charge in [-0.3, -0.25) is 9.79 Å². The SMILES string of the molecule is CN=C(NCc1cccc(NC(=O)C2CCC2)c1)NCc1ccccc1-n1nc(C)cc1C.I. The maximum atomic E-state index is 12.2. The van der Waals surface area contributed by atoms with Crippen molar-refractivity contribution in [1.29, 1.82) is 0 Å². The molecule has 1 saturated carbocycles. The summed E-state index contributed by atoms with van der Waals surface area (Å²) in [7, 11) is 1.76. The zero-order valence-electron chi connectivity index (χ0n) is 20.0. The zero-order chi connectivity index (χ0) is 23.2. The molecule has 1 aromatic heterocycles. The Kier molecular flexibility index (Phi) is 9.09. The summed E-state index contributed by atoms with van der Waals surface area (Å²) >= 11 is 0. The van der Waals surface area contributed by atoms with Gasteiger partial charge in [0.1, 0.15) is 0 Å². The van der Waals surface area contributed by atoms with Crippen molar-refractivity contribution in [2.75, 3.05) is 12.4 Å². The number of nitrogens with one attached hydrogen (secondary N) is 3. The summed E-state index contributed by atoms with van der Waals surface area (Å²) in [5, 5.41) is 14.4. The van der Waals surface area contributed by atoms with E-state index in [1.807, 2.05) is 48.0 Å². The molecule has 0 bridgehead atoms. The molecule has 0 aliphatic heterocycles. The number of benzene rings is 2. The van der Waals surface area contributed by atoms with Crippen molar-refractivity contribution < 1.29 is 4.79 Å². The molecule has 2 aromatic carbocycles. The molecule has 180 valence electrons. The number of aromatic nitrogens is 2. The summed E-state index contributed by atoms with van der Waals surface area (Å²) in [5.41, 5.74) is 6.21. The first-order valence-corrected chi connectivity index (χ1v) is 11.5. The van der Waals surface area contributed by atoms with Crippen LogP contribution in [0.25, 0.3) is 5.69 Å². The van der Waals surface area contributed by atoms with Crippen molar-refractivity contribution in [3.05, 3.63) is 77.1 Å². The van der Waals surface area contributed by atoms with Gasteiger partial charge in [-0.05, 0) is 62.1 Å². The highest BCUT2D eigenvalue weighted by molar-refractivity contribution is 14.0. The minimum Gasteiger partial charge on any atom is -0.352 e. The van der Waals surface area contributed by atoms with E-state index in [0.717, 1.165) is 53.2 Å². The van der Waals surface area contributed by atoms with Gasteiger partial charge in [-0.25, -0.2) is 4.68 Å². The quantitative estimate of drug-likeness (QED) is 0.218. The van der Waals surface area contributed by atoms with Crippen LogP contribution in [0.1, 0.15) is 41.8 Å². The number of para-hydroxylation sites is 1. The van der Waals surface area contributed by atoms with E-state index < -0.39 is 0 Å². The first kappa shape index (κ1) is 25.7. The molecule has 0 radical (unpaired) electrons. The molecule has 4 rings (SSSR count). The third-order valence-electron chi connectivity index (χ3n) is 6.03. The highest BCUT2D eigenvalue weighted by Gasteiger charge is 2.25. The van der Waals surface area contributed by atoms with Crippen LogP contribution in [0.15, 0.2) is 59.6 Å². The molecule has 0 unspecified atom stereocenters. The van der Waals surface area contributed by atoms with Crippen LogP contribution < -0.4 is 16.0 Å². The number of hydrogen-bond acceptors (Lipinski definition) is 3. The van der Waals surface area contributed by atoms with Crippen LogP contribution >= 0.6 is 24.0 Å². The van der Waals surface area contributed by atoms with Crippen LogP contribution in [0.4, 0.5) is 5.69 Å². The minimum absolute atomic E-state index is 0. The number of nitrogens with zero attached hydrogens (tertiary/aromatic N) is 3. The molecule has 1 fully saturated rings. The van der Waals surface area contributed by atoms with Crippen LogP contribution in [-0.2, 0) is 17.9 Å². The lowest BCUT2D eigenvalue weighted by atomic mass is 9.85. The summed E-state index contributed by atoms with van der Waals surface area (Å²) in [6.45, 7) is 5.29. The second-order valence-electron chi connectivity index (χ2n) is 8.56. The van der Waals surface area contributed by atoms with Crippen molar-refractivity contribution in [2.24, 2.45) is 10.9 Å². The predicted octanol–water partition coefficient (Wildman–Crippen LogP) is 4.71. The molecule has 8 heteroatoms. The second-order valence-corrected chi connectivity index (χ2v) is 8.56. The van der Waals surface area contributed by atoms with Crippen molar-refractivity contribution in [3.63, 3.8) is 0 Å². The van der Waals surface area contributed by atoms with Gasteiger partial charge in [-0.15, -0.1) is 24.0 Å². The van der Waals surface area contributed by atoms with E-state index in [0.29, 0.717) is 19.0 Å². The molecule has 7 nitrogen and oxygen atoms in total. The maximum absolute atomic E-state index is 12.2. The molecule has 1 heterocycles. The van der Waals surface area contributed by atoms with Crippen molar-refractivity contribution in [2.45, 2.75) is 46.2 Å². The maximum Gasteiger partial charge on any atom is 0.227 e. The monoisotopic (exact) mass is 572 g/mol. The molecule has 1 aliphatic carbocycles. The molecule has 0 saturated heterocycles. The van der Waals surface area contributed by atoms with Gasteiger partial charge in [-0.2, -0.15) is 5.10 Å². The Morgan fingerprint density at radius 2 is 1.82 bits per heavy atom. The Bertz CT molecular complexity index is 1150. The van der Waals surface area contributed by atoms with Crippen LogP contribution in [-0.4, -0.2) is 28.7 Å². The molecule has 0 atom stereocenters. The van der Waals surface area contributed by atoms with Gasteiger partial charge in [0, 0.05) is 37.4 Å². The van der Waals surface area contributed by atoms with Crippen molar-refractivity contribution in [3.8, 4) is 5.69 Å². The van der Waals surface area contributed by atoms with E-state index in [-0.39, 0.29) is 35.8 Å². The van der Waals surface area contributed by atoms with Gasteiger partial charge in [-0.1, -0.05) is 36.8 Å². The number of anilines is 1. The number of rotatable bonds is 7. The number of aliphatic imine (C=N–C) groups is 1. The fraction of sp³-hybridized carbons (Fsp3) is 0.346. The van der Waals surface area contributed by atoms with E-state index >= 15 is 0 Å². The molecular formula is C26H33IN6O. The predicted molar refractivity (Wildman–Crippen MR) is 148 cm³/mol. The largest absolute Gasteiger partial charge is 0.352 e. The van der Waals surface area contributed by atoms with Crippen molar-refractivity contribution >= 4 is 41.5 Å². The number of amides is 1. The summed E-state index contributed by atoms with van der Waals surface area (Å²) < 4.78 is 1.98. The highest BCUT2D eigenvalue weighted by Crippen LogP contribution is 2.27. The molecule has 3 aromatic rings. The molecule has 1 amide bonds. The average Bonchev–Trinajstić information content (AvgIpc) is 3.11. The number of aryl methyl sites for hydroxylation is 2. The Hall–Kier alpha value is -2.88. The third kappa shape index (κ3) is 6.37. The van der Waals surface area contributed by atoms with Gasteiger partial charge in [0.25, 0.3) is 0 Å². The van der Waals surface area contributed by atoms with Gasteiger partial charge in [0.2, 0.25) is 5.91 Å². The van der Waals surface area contributed by atoms with Gasteiger partial charge < -0.3 is 16.0 Å². The summed E-state index contributed by atoms with van der Waals surface area (Å²) in [6, 6.07) is 18.3. The standard InChI is InChI=1S/C26H32N6O.HI/c1-18-14-19(2)32(31-18)24-13-5-4-9-22(24)17-29-26(27-3)28-16-20-8-6-12-23(15-20)30-25(33)21-10-7-11-21;/h4-6,8-9,12-15,21H,7,10-11,16-17H2,1-3H3,(H,30,33)(H2,27,28,29);1H. The van der Waals surface area contributed by atoms with Crippen LogP contribution in [0.5, 0.6) is 0 Å². The number of halogens is 1. The number of carbonyl (C=O) groups excluding carboxylic acids is 1. The fourth-order valence-corrected chi connectivity index (χ4v) is 4.00. The van der Waals surface area contributed by atoms with Crippen LogP contribution in [0.2, 0.25) is 0 Å². The summed E-state index contributed by atoms with van der Waals surface area (Å²) in [4.78, 5) is 16.6. The number of guanidine groups is 1. The average molecular weight is 572 g/mol. The van der Waals surface area contributed by atoms with Crippen molar-refractivity contribution in [1.82, 2.24) is 20.4 Å². The molecular weight excluding hydrogens is 539 g/mol. The van der Waals surface area contributed by atoms with Gasteiger partial charge in [0.15, 0.2) is 5.96 Å². The van der Waals surface area contributed by atoms with Crippen LogP contribution in [0, 0.1) is 19.8 Å². The summed E-state index contributed by atoms with van der Waals surface area (Å²) in [5.74, 6) is 1.01. The van der Waals surface area contributed by atoms with Gasteiger partial charge >= 0.3 is 0 Å².